The average molecular weight is 351 g/mol. The third kappa shape index (κ3) is 12.0. The van der Waals surface area contributed by atoms with Crippen LogP contribution in [0.25, 0.3) is 0 Å². The minimum atomic E-state index is 0.00315. The molecule has 0 aliphatic heterocycles. The molecule has 0 unspecified atom stereocenters. The van der Waals surface area contributed by atoms with Crippen molar-refractivity contribution >= 4 is 0 Å². The Morgan fingerprint density at radius 3 is 2.00 bits per heavy atom. The topological polar surface area (TPSA) is 27.7 Å². The molecule has 1 aromatic carbocycles. The summed E-state index contributed by atoms with van der Waals surface area (Å²) in [6.07, 6.45) is 11.3. The van der Waals surface area contributed by atoms with Crippen LogP contribution >= 0.6 is 0 Å². The zero-order valence-corrected chi connectivity index (χ0v) is 16.6. The second kappa shape index (κ2) is 15.2. The Balaban J connectivity index is 1.87. The van der Waals surface area contributed by atoms with Gasteiger partial charge in [-0.2, -0.15) is 0 Å². The van der Waals surface area contributed by atoms with E-state index in [1.807, 2.05) is 19.9 Å². The minimum absolute atomic E-state index is 0.00315. The highest BCUT2D eigenvalue weighted by Gasteiger charge is 2.06. The van der Waals surface area contributed by atoms with Gasteiger partial charge in [0.2, 0.25) is 0 Å². The Morgan fingerprint density at radius 2 is 1.40 bits per heavy atom. The second-order valence-electron chi connectivity index (χ2n) is 6.62. The normalized spacial score (nSPS) is 11.2. The van der Waals surface area contributed by atoms with Gasteiger partial charge in [-0.3, -0.25) is 0 Å². The third-order valence-corrected chi connectivity index (χ3v) is 4.30. The van der Waals surface area contributed by atoms with Gasteiger partial charge >= 0.3 is 0 Å². The molecule has 1 aromatic rings. The molecule has 0 spiro atoms. The molecule has 3 heteroatoms. The summed E-state index contributed by atoms with van der Waals surface area (Å²) in [5.41, 5.74) is 1.26. The van der Waals surface area contributed by atoms with E-state index in [-0.39, 0.29) is 6.29 Å². The third-order valence-electron chi connectivity index (χ3n) is 4.30. The van der Waals surface area contributed by atoms with E-state index in [9.17, 15) is 0 Å². The number of rotatable bonds is 16. The maximum absolute atomic E-state index is 5.78. The van der Waals surface area contributed by atoms with Crippen molar-refractivity contribution in [2.75, 3.05) is 19.8 Å². The van der Waals surface area contributed by atoms with Crippen LogP contribution in [0.3, 0.4) is 0 Å². The van der Waals surface area contributed by atoms with E-state index in [1.165, 1.54) is 50.5 Å². The lowest BCUT2D eigenvalue weighted by Gasteiger charge is -2.16. The molecule has 25 heavy (non-hydrogen) atoms. The first-order chi connectivity index (χ1) is 12.3. The van der Waals surface area contributed by atoms with E-state index in [4.69, 9.17) is 14.2 Å². The predicted molar refractivity (Wildman–Crippen MR) is 105 cm³/mol. The molecule has 0 saturated carbocycles. The van der Waals surface area contributed by atoms with Crippen molar-refractivity contribution in [3.63, 3.8) is 0 Å². The lowest BCUT2D eigenvalue weighted by molar-refractivity contribution is -0.140. The molecule has 0 amide bonds. The van der Waals surface area contributed by atoms with Crippen LogP contribution in [0.5, 0.6) is 5.75 Å². The Hall–Kier alpha value is -1.06. The van der Waals surface area contributed by atoms with E-state index in [1.54, 1.807) is 0 Å². The van der Waals surface area contributed by atoms with Gasteiger partial charge in [0.1, 0.15) is 5.75 Å². The van der Waals surface area contributed by atoms with Gasteiger partial charge in [-0.15, -0.1) is 0 Å². The van der Waals surface area contributed by atoms with Gasteiger partial charge in [0.15, 0.2) is 6.29 Å². The number of aryl methyl sites for hydroxylation is 1. The highest BCUT2D eigenvalue weighted by atomic mass is 16.7. The first-order valence-corrected chi connectivity index (χ1v) is 10.2. The molecule has 0 saturated heterocycles. The van der Waals surface area contributed by atoms with Crippen LogP contribution in [0.15, 0.2) is 24.3 Å². The van der Waals surface area contributed by atoms with Crippen LogP contribution < -0.4 is 4.74 Å². The molecular formula is C22H38O3. The van der Waals surface area contributed by atoms with Crippen molar-refractivity contribution in [3.8, 4) is 5.75 Å². The summed E-state index contributed by atoms with van der Waals surface area (Å²) in [4.78, 5) is 0. The van der Waals surface area contributed by atoms with Crippen molar-refractivity contribution in [2.24, 2.45) is 0 Å². The first kappa shape index (κ1) is 22.0. The maximum Gasteiger partial charge on any atom is 0.157 e. The Kier molecular flexibility index (Phi) is 13.4. The molecule has 0 N–H and O–H groups in total. The summed E-state index contributed by atoms with van der Waals surface area (Å²) in [5.74, 6) is 0.998. The fraction of sp³-hybridized carbons (Fsp3) is 0.727. The fourth-order valence-electron chi connectivity index (χ4n) is 2.96. The number of ether oxygens (including phenoxy) is 3. The SMILES string of the molecule is CCOC(CCCCCCCCCCOc1cccc(C)c1)OCC. The Morgan fingerprint density at radius 1 is 0.800 bits per heavy atom. The average Bonchev–Trinajstić information content (AvgIpc) is 2.60. The number of hydrogen-bond acceptors (Lipinski definition) is 3. The molecule has 0 fully saturated rings. The van der Waals surface area contributed by atoms with Gasteiger partial charge in [0.25, 0.3) is 0 Å². The molecule has 0 radical (unpaired) electrons. The van der Waals surface area contributed by atoms with Gasteiger partial charge in [-0.25, -0.2) is 0 Å². The van der Waals surface area contributed by atoms with E-state index in [0.29, 0.717) is 0 Å². The van der Waals surface area contributed by atoms with Crippen molar-refractivity contribution in [2.45, 2.75) is 84.8 Å². The molecule has 144 valence electrons. The number of hydrogen-bond donors (Lipinski definition) is 0. The van der Waals surface area contributed by atoms with Gasteiger partial charge in [0.05, 0.1) is 6.61 Å². The van der Waals surface area contributed by atoms with E-state index in [0.717, 1.165) is 38.4 Å². The Bertz CT molecular complexity index is 413. The van der Waals surface area contributed by atoms with Crippen LogP contribution in [0.1, 0.15) is 77.2 Å². The van der Waals surface area contributed by atoms with Crippen molar-refractivity contribution in [3.05, 3.63) is 29.8 Å². The zero-order chi connectivity index (χ0) is 18.2. The molecule has 3 nitrogen and oxygen atoms in total. The van der Waals surface area contributed by atoms with E-state index >= 15 is 0 Å². The van der Waals surface area contributed by atoms with E-state index in [2.05, 4.69) is 25.1 Å². The molecule has 0 heterocycles. The Labute approximate surface area is 155 Å². The molecule has 0 aliphatic rings. The standard InChI is InChI=1S/C22H38O3/c1-4-23-22(24-5-2)17-12-10-8-6-7-9-11-13-18-25-21-16-14-15-20(3)19-21/h14-16,19,22H,4-13,17-18H2,1-3H3. The van der Waals surface area contributed by atoms with Crippen LogP contribution in [-0.4, -0.2) is 26.1 Å². The molecular weight excluding hydrogens is 312 g/mol. The highest BCUT2D eigenvalue weighted by molar-refractivity contribution is 5.27. The predicted octanol–water partition coefficient (Wildman–Crippen LogP) is 6.28. The molecule has 0 aliphatic carbocycles. The number of unbranched alkanes of at least 4 members (excludes halogenated alkanes) is 7. The van der Waals surface area contributed by atoms with Gasteiger partial charge in [-0.1, -0.05) is 50.7 Å². The van der Waals surface area contributed by atoms with Crippen molar-refractivity contribution in [1.29, 1.82) is 0 Å². The minimum Gasteiger partial charge on any atom is -0.494 e. The number of benzene rings is 1. The maximum atomic E-state index is 5.78. The largest absolute Gasteiger partial charge is 0.494 e. The van der Waals surface area contributed by atoms with Crippen LogP contribution in [-0.2, 0) is 9.47 Å². The molecule has 0 bridgehead atoms. The lowest BCUT2D eigenvalue weighted by Crippen LogP contribution is -2.17. The van der Waals surface area contributed by atoms with Gasteiger partial charge in [0, 0.05) is 13.2 Å². The molecule has 1 rings (SSSR count). The molecule has 0 aromatic heterocycles. The lowest BCUT2D eigenvalue weighted by atomic mass is 10.1. The summed E-state index contributed by atoms with van der Waals surface area (Å²) in [5, 5.41) is 0. The summed E-state index contributed by atoms with van der Waals surface area (Å²) in [6, 6.07) is 8.28. The van der Waals surface area contributed by atoms with Crippen molar-refractivity contribution in [1.82, 2.24) is 0 Å². The molecule has 0 atom stereocenters. The smallest absolute Gasteiger partial charge is 0.157 e. The quantitative estimate of drug-likeness (QED) is 0.259. The van der Waals surface area contributed by atoms with Crippen LogP contribution in [0.2, 0.25) is 0 Å². The summed E-state index contributed by atoms with van der Waals surface area (Å²) >= 11 is 0. The van der Waals surface area contributed by atoms with E-state index < -0.39 is 0 Å². The second-order valence-corrected chi connectivity index (χ2v) is 6.62. The summed E-state index contributed by atoms with van der Waals surface area (Å²) in [6.45, 7) is 8.45. The van der Waals surface area contributed by atoms with Crippen molar-refractivity contribution < 1.29 is 14.2 Å². The summed E-state index contributed by atoms with van der Waals surface area (Å²) in [7, 11) is 0. The van der Waals surface area contributed by atoms with Crippen LogP contribution in [0.4, 0.5) is 0 Å². The summed E-state index contributed by atoms with van der Waals surface area (Å²) < 4.78 is 16.9. The van der Waals surface area contributed by atoms with Gasteiger partial charge < -0.3 is 14.2 Å². The fourth-order valence-corrected chi connectivity index (χ4v) is 2.96. The first-order valence-electron chi connectivity index (χ1n) is 10.2. The van der Waals surface area contributed by atoms with Crippen LogP contribution in [0, 0.1) is 6.92 Å². The highest BCUT2D eigenvalue weighted by Crippen LogP contribution is 2.14. The monoisotopic (exact) mass is 350 g/mol. The zero-order valence-electron chi connectivity index (χ0n) is 16.6. The van der Waals surface area contributed by atoms with Gasteiger partial charge in [-0.05, 0) is 57.7 Å².